The van der Waals surface area contributed by atoms with Gasteiger partial charge in [0, 0.05) is 12.0 Å². The van der Waals surface area contributed by atoms with E-state index in [-0.39, 0.29) is 11.0 Å². The summed E-state index contributed by atoms with van der Waals surface area (Å²) in [5, 5.41) is 0. The van der Waals surface area contributed by atoms with Crippen LogP contribution in [0.3, 0.4) is 0 Å². The Labute approximate surface area is 111 Å². The standard InChI is InChI=1S/C17H24O/c1-7-8-12-9-10-14(16(2,3)4)13-11-17(5,6)18-15(12)13/h7,9-10H,1,8,11H2,2-6H3. The first-order valence-electron chi connectivity index (χ1n) is 6.70. The molecule has 1 aliphatic heterocycles. The van der Waals surface area contributed by atoms with E-state index in [0.717, 1.165) is 18.6 Å². The smallest absolute Gasteiger partial charge is 0.127 e. The van der Waals surface area contributed by atoms with Crippen LogP contribution in [0.5, 0.6) is 5.75 Å². The summed E-state index contributed by atoms with van der Waals surface area (Å²) in [5.74, 6) is 1.10. The molecular weight excluding hydrogens is 220 g/mol. The zero-order chi connectivity index (χ0) is 13.6. The average Bonchev–Trinajstić information content (AvgIpc) is 2.52. The van der Waals surface area contributed by atoms with Gasteiger partial charge < -0.3 is 4.74 Å². The largest absolute Gasteiger partial charge is 0.487 e. The molecule has 0 unspecified atom stereocenters. The van der Waals surface area contributed by atoms with E-state index in [1.807, 2.05) is 6.08 Å². The second kappa shape index (κ2) is 4.15. The summed E-state index contributed by atoms with van der Waals surface area (Å²) < 4.78 is 6.17. The quantitative estimate of drug-likeness (QED) is 0.699. The lowest BCUT2D eigenvalue weighted by Gasteiger charge is -2.22. The van der Waals surface area contributed by atoms with Gasteiger partial charge in [-0.3, -0.25) is 0 Å². The van der Waals surface area contributed by atoms with Crippen molar-refractivity contribution >= 4 is 0 Å². The summed E-state index contributed by atoms with van der Waals surface area (Å²) in [6.45, 7) is 15.0. The lowest BCUT2D eigenvalue weighted by Crippen LogP contribution is -2.25. The minimum atomic E-state index is -0.0837. The van der Waals surface area contributed by atoms with Gasteiger partial charge in [0.05, 0.1) is 0 Å². The van der Waals surface area contributed by atoms with Crippen LogP contribution in [0.15, 0.2) is 24.8 Å². The summed E-state index contributed by atoms with van der Waals surface area (Å²) in [6, 6.07) is 4.46. The molecule has 1 aliphatic rings. The normalized spacial score (nSPS) is 17.2. The second-order valence-corrected chi connectivity index (χ2v) is 6.86. The lowest BCUT2D eigenvalue weighted by molar-refractivity contribution is 0.137. The van der Waals surface area contributed by atoms with E-state index < -0.39 is 0 Å². The van der Waals surface area contributed by atoms with Crippen LogP contribution in [0.25, 0.3) is 0 Å². The fourth-order valence-corrected chi connectivity index (χ4v) is 2.74. The Morgan fingerprint density at radius 1 is 1.33 bits per heavy atom. The number of hydrogen-bond donors (Lipinski definition) is 0. The zero-order valence-electron chi connectivity index (χ0n) is 12.3. The highest BCUT2D eigenvalue weighted by Crippen LogP contribution is 2.43. The molecule has 0 fully saturated rings. The first-order valence-corrected chi connectivity index (χ1v) is 6.70. The lowest BCUT2D eigenvalue weighted by atomic mass is 9.81. The highest BCUT2D eigenvalue weighted by atomic mass is 16.5. The minimum Gasteiger partial charge on any atom is -0.487 e. The van der Waals surface area contributed by atoms with Crippen molar-refractivity contribution in [2.24, 2.45) is 0 Å². The molecule has 0 spiro atoms. The van der Waals surface area contributed by atoms with Crippen molar-refractivity contribution in [2.75, 3.05) is 0 Å². The van der Waals surface area contributed by atoms with E-state index in [1.54, 1.807) is 0 Å². The molecule has 0 bridgehead atoms. The molecular formula is C17H24O. The molecule has 1 aromatic rings. The molecule has 1 heterocycles. The molecule has 0 aliphatic carbocycles. The SMILES string of the molecule is C=CCc1ccc(C(C)(C)C)c2c1OC(C)(C)C2. The molecule has 2 rings (SSSR count). The number of allylic oxidation sites excluding steroid dienone is 1. The molecule has 0 saturated carbocycles. The van der Waals surface area contributed by atoms with Crippen molar-refractivity contribution in [3.63, 3.8) is 0 Å². The molecule has 1 aromatic carbocycles. The van der Waals surface area contributed by atoms with Crippen LogP contribution in [0, 0.1) is 0 Å². The Balaban J connectivity index is 2.58. The van der Waals surface area contributed by atoms with Gasteiger partial charge >= 0.3 is 0 Å². The van der Waals surface area contributed by atoms with Crippen LogP contribution in [-0.4, -0.2) is 5.60 Å². The molecule has 1 heteroatoms. The molecule has 0 radical (unpaired) electrons. The average molecular weight is 244 g/mol. The fraction of sp³-hybridized carbons (Fsp3) is 0.529. The predicted octanol–water partition coefficient (Wildman–Crippen LogP) is 4.43. The first kappa shape index (κ1) is 13.2. The summed E-state index contributed by atoms with van der Waals surface area (Å²) in [6.07, 6.45) is 3.82. The van der Waals surface area contributed by atoms with Crippen LogP contribution in [0.4, 0.5) is 0 Å². The third-order valence-corrected chi connectivity index (χ3v) is 3.50. The third kappa shape index (κ3) is 2.31. The Kier molecular flexibility index (Phi) is 3.04. The van der Waals surface area contributed by atoms with Gasteiger partial charge in [-0.05, 0) is 36.8 Å². The van der Waals surface area contributed by atoms with Gasteiger partial charge in [-0.2, -0.15) is 0 Å². The minimum absolute atomic E-state index is 0.0837. The number of benzene rings is 1. The molecule has 0 amide bonds. The molecule has 1 nitrogen and oxygen atoms in total. The Morgan fingerprint density at radius 2 is 2.00 bits per heavy atom. The molecule has 0 aromatic heterocycles. The monoisotopic (exact) mass is 244 g/mol. The van der Waals surface area contributed by atoms with Crippen molar-refractivity contribution < 1.29 is 4.74 Å². The van der Waals surface area contributed by atoms with Gasteiger partial charge in [0.15, 0.2) is 0 Å². The van der Waals surface area contributed by atoms with Gasteiger partial charge in [0.25, 0.3) is 0 Å². The van der Waals surface area contributed by atoms with E-state index in [9.17, 15) is 0 Å². The van der Waals surface area contributed by atoms with E-state index >= 15 is 0 Å². The van der Waals surface area contributed by atoms with E-state index in [2.05, 4.69) is 53.3 Å². The van der Waals surface area contributed by atoms with Crippen molar-refractivity contribution in [3.05, 3.63) is 41.5 Å². The van der Waals surface area contributed by atoms with E-state index in [1.165, 1.54) is 16.7 Å². The maximum Gasteiger partial charge on any atom is 0.127 e. The highest BCUT2D eigenvalue weighted by molar-refractivity contribution is 5.52. The van der Waals surface area contributed by atoms with Crippen LogP contribution >= 0.6 is 0 Å². The van der Waals surface area contributed by atoms with Crippen molar-refractivity contribution in [2.45, 2.75) is 58.5 Å². The van der Waals surface area contributed by atoms with Crippen molar-refractivity contribution in [1.29, 1.82) is 0 Å². The zero-order valence-corrected chi connectivity index (χ0v) is 12.3. The fourth-order valence-electron chi connectivity index (χ4n) is 2.74. The van der Waals surface area contributed by atoms with Gasteiger partial charge in [-0.25, -0.2) is 0 Å². The van der Waals surface area contributed by atoms with Gasteiger partial charge in [0.1, 0.15) is 11.4 Å². The molecule has 0 saturated heterocycles. The third-order valence-electron chi connectivity index (χ3n) is 3.50. The van der Waals surface area contributed by atoms with Crippen LogP contribution in [0.2, 0.25) is 0 Å². The molecule has 18 heavy (non-hydrogen) atoms. The van der Waals surface area contributed by atoms with Crippen molar-refractivity contribution in [3.8, 4) is 5.75 Å². The molecule has 98 valence electrons. The second-order valence-electron chi connectivity index (χ2n) is 6.86. The van der Waals surface area contributed by atoms with E-state index in [4.69, 9.17) is 4.74 Å². The van der Waals surface area contributed by atoms with Crippen LogP contribution in [0.1, 0.15) is 51.3 Å². The number of hydrogen-bond acceptors (Lipinski definition) is 1. The predicted molar refractivity (Wildman–Crippen MR) is 77.5 cm³/mol. The Bertz CT molecular complexity index is 475. The van der Waals surface area contributed by atoms with Gasteiger partial charge in [0.2, 0.25) is 0 Å². The van der Waals surface area contributed by atoms with E-state index in [0.29, 0.717) is 0 Å². The molecule has 0 N–H and O–H groups in total. The molecule has 0 atom stereocenters. The summed E-state index contributed by atoms with van der Waals surface area (Å²) in [4.78, 5) is 0. The van der Waals surface area contributed by atoms with Gasteiger partial charge in [-0.1, -0.05) is 39.0 Å². The van der Waals surface area contributed by atoms with Crippen LogP contribution < -0.4 is 4.74 Å². The summed E-state index contributed by atoms with van der Waals surface area (Å²) in [7, 11) is 0. The van der Waals surface area contributed by atoms with Gasteiger partial charge in [-0.15, -0.1) is 6.58 Å². The number of rotatable bonds is 2. The summed E-state index contributed by atoms with van der Waals surface area (Å²) in [5.41, 5.74) is 4.15. The Hall–Kier alpha value is -1.24. The maximum absolute atomic E-state index is 6.17. The topological polar surface area (TPSA) is 9.23 Å². The summed E-state index contributed by atoms with van der Waals surface area (Å²) >= 11 is 0. The maximum atomic E-state index is 6.17. The van der Waals surface area contributed by atoms with Crippen LogP contribution in [-0.2, 0) is 18.3 Å². The number of ether oxygens (including phenoxy) is 1. The highest BCUT2D eigenvalue weighted by Gasteiger charge is 2.35. The number of fused-ring (bicyclic) bond motifs is 1. The Morgan fingerprint density at radius 3 is 2.56 bits per heavy atom. The van der Waals surface area contributed by atoms with Crippen molar-refractivity contribution in [1.82, 2.24) is 0 Å². The first-order chi connectivity index (χ1) is 8.24.